The molecule has 1 saturated heterocycles. The molecule has 4 rings (SSSR count). The molecule has 0 radical (unpaired) electrons. The SMILES string of the molecule is C=CC(=O)N1CCN(c2ncnc3cc(Cl)c(-c4ccc(Cl)cc4)cc23)CC1CC. The van der Waals surface area contributed by atoms with Crippen LogP contribution in [0.1, 0.15) is 13.3 Å². The zero-order valence-electron chi connectivity index (χ0n) is 16.7. The first-order valence-corrected chi connectivity index (χ1v) is 10.7. The fourth-order valence-corrected chi connectivity index (χ4v) is 4.36. The van der Waals surface area contributed by atoms with Gasteiger partial charge in [-0.3, -0.25) is 4.79 Å². The van der Waals surface area contributed by atoms with E-state index < -0.39 is 0 Å². The molecule has 1 amide bonds. The molecule has 2 heterocycles. The third-order valence-electron chi connectivity index (χ3n) is 5.57. The largest absolute Gasteiger partial charge is 0.352 e. The third-order valence-corrected chi connectivity index (χ3v) is 6.13. The fourth-order valence-electron chi connectivity index (χ4n) is 3.97. The van der Waals surface area contributed by atoms with Gasteiger partial charge in [0.2, 0.25) is 5.91 Å². The van der Waals surface area contributed by atoms with Crippen molar-refractivity contribution in [2.24, 2.45) is 0 Å². The molecule has 1 fully saturated rings. The standard InChI is InChI=1S/C23H22Cl2N4O/c1-3-17-13-28(9-10-29(17)22(30)4-2)23-19-11-18(15-5-7-16(24)8-6-15)20(25)12-21(19)26-14-27-23/h4-8,11-12,14,17H,2-3,9-10,13H2,1H3. The Kier molecular flexibility index (Phi) is 5.93. The smallest absolute Gasteiger partial charge is 0.246 e. The topological polar surface area (TPSA) is 49.3 Å². The Labute approximate surface area is 185 Å². The molecule has 0 aliphatic carbocycles. The van der Waals surface area contributed by atoms with Gasteiger partial charge in [0.25, 0.3) is 0 Å². The van der Waals surface area contributed by atoms with Gasteiger partial charge in [-0.05, 0) is 42.3 Å². The van der Waals surface area contributed by atoms with Gasteiger partial charge in [0, 0.05) is 41.6 Å². The zero-order chi connectivity index (χ0) is 21.3. The van der Waals surface area contributed by atoms with Crippen molar-refractivity contribution < 1.29 is 4.79 Å². The van der Waals surface area contributed by atoms with E-state index >= 15 is 0 Å². The number of aromatic nitrogens is 2. The lowest BCUT2D eigenvalue weighted by molar-refractivity contribution is -0.128. The summed E-state index contributed by atoms with van der Waals surface area (Å²) in [6.45, 7) is 7.76. The van der Waals surface area contributed by atoms with Gasteiger partial charge >= 0.3 is 0 Å². The first kappa shape index (κ1) is 20.6. The molecular weight excluding hydrogens is 419 g/mol. The van der Waals surface area contributed by atoms with Crippen molar-refractivity contribution >= 4 is 45.8 Å². The first-order chi connectivity index (χ1) is 14.5. The number of anilines is 1. The molecule has 0 spiro atoms. The van der Waals surface area contributed by atoms with E-state index in [2.05, 4.69) is 28.4 Å². The van der Waals surface area contributed by atoms with Gasteiger partial charge < -0.3 is 9.80 Å². The monoisotopic (exact) mass is 440 g/mol. The average Bonchev–Trinajstić information content (AvgIpc) is 2.78. The second kappa shape index (κ2) is 8.62. The summed E-state index contributed by atoms with van der Waals surface area (Å²) in [7, 11) is 0. The highest BCUT2D eigenvalue weighted by molar-refractivity contribution is 6.34. The number of hydrogen-bond acceptors (Lipinski definition) is 4. The number of amides is 1. The van der Waals surface area contributed by atoms with Crippen LogP contribution in [0.2, 0.25) is 10.0 Å². The lowest BCUT2D eigenvalue weighted by Crippen LogP contribution is -2.55. The molecule has 1 aliphatic rings. The molecule has 154 valence electrons. The normalized spacial score (nSPS) is 16.7. The van der Waals surface area contributed by atoms with Crippen LogP contribution in [0, 0.1) is 0 Å². The Morgan fingerprint density at radius 3 is 2.67 bits per heavy atom. The van der Waals surface area contributed by atoms with Crippen LogP contribution in [0.15, 0.2) is 55.4 Å². The predicted molar refractivity (Wildman–Crippen MR) is 123 cm³/mol. The summed E-state index contributed by atoms with van der Waals surface area (Å²) in [5.41, 5.74) is 2.68. The molecular formula is C23H22Cl2N4O. The lowest BCUT2D eigenvalue weighted by Gasteiger charge is -2.41. The van der Waals surface area contributed by atoms with Crippen LogP contribution in [0.25, 0.3) is 22.0 Å². The number of rotatable bonds is 4. The van der Waals surface area contributed by atoms with E-state index in [-0.39, 0.29) is 11.9 Å². The van der Waals surface area contributed by atoms with E-state index in [0.717, 1.165) is 34.3 Å². The molecule has 0 saturated carbocycles. The number of halogens is 2. The Morgan fingerprint density at radius 1 is 1.20 bits per heavy atom. The molecule has 0 bridgehead atoms. The molecule has 1 aliphatic heterocycles. The van der Waals surface area contributed by atoms with Crippen LogP contribution in [-0.4, -0.2) is 46.5 Å². The zero-order valence-corrected chi connectivity index (χ0v) is 18.2. The van der Waals surface area contributed by atoms with E-state index in [1.165, 1.54) is 6.08 Å². The summed E-state index contributed by atoms with van der Waals surface area (Å²) < 4.78 is 0. The second-order valence-electron chi connectivity index (χ2n) is 7.30. The summed E-state index contributed by atoms with van der Waals surface area (Å²) >= 11 is 12.6. The van der Waals surface area contributed by atoms with Crippen LogP contribution in [-0.2, 0) is 4.79 Å². The Bertz CT molecular complexity index is 1100. The average molecular weight is 441 g/mol. The summed E-state index contributed by atoms with van der Waals surface area (Å²) in [4.78, 5) is 25.3. The lowest BCUT2D eigenvalue weighted by atomic mass is 10.0. The van der Waals surface area contributed by atoms with Gasteiger partial charge in [0.05, 0.1) is 10.5 Å². The molecule has 2 aromatic carbocycles. The Hall–Kier alpha value is -2.63. The minimum absolute atomic E-state index is 0.0224. The first-order valence-electron chi connectivity index (χ1n) is 9.90. The van der Waals surface area contributed by atoms with Gasteiger partial charge in [-0.15, -0.1) is 0 Å². The van der Waals surface area contributed by atoms with E-state index in [9.17, 15) is 4.79 Å². The van der Waals surface area contributed by atoms with Gasteiger partial charge in [0.1, 0.15) is 12.1 Å². The number of hydrogen-bond donors (Lipinski definition) is 0. The predicted octanol–water partition coefficient (Wildman–Crippen LogP) is 5.22. The minimum Gasteiger partial charge on any atom is -0.352 e. The van der Waals surface area contributed by atoms with Crippen molar-refractivity contribution in [1.82, 2.24) is 14.9 Å². The number of fused-ring (bicyclic) bond motifs is 1. The summed E-state index contributed by atoms with van der Waals surface area (Å²) in [5.74, 6) is 0.835. The molecule has 1 aromatic heterocycles. The van der Waals surface area contributed by atoms with Crippen LogP contribution in [0.3, 0.4) is 0 Å². The van der Waals surface area contributed by atoms with Gasteiger partial charge in [-0.2, -0.15) is 0 Å². The molecule has 7 heteroatoms. The highest BCUT2D eigenvalue weighted by Crippen LogP contribution is 2.35. The molecule has 1 atom stereocenters. The summed E-state index contributed by atoms with van der Waals surface area (Å²) in [6, 6.07) is 11.6. The Morgan fingerprint density at radius 2 is 1.97 bits per heavy atom. The van der Waals surface area contributed by atoms with E-state index in [1.807, 2.05) is 41.3 Å². The fraction of sp³-hybridized carbons (Fsp3) is 0.261. The number of benzene rings is 2. The second-order valence-corrected chi connectivity index (χ2v) is 8.14. The number of carbonyl (C=O) groups excluding carboxylic acids is 1. The molecule has 3 aromatic rings. The maximum atomic E-state index is 12.2. The van der Waals surface area contributed by atoms with Crippen LogP contribution in [0.5, 0.6) is 0 Å². The third kappa shape index (κ3) is 3.87. The van der Waals surface area contributed by atoms with Gasteiger partial charge in [-0.25, -0.2) is 9.97 Å². The van der Waals surface area contributed by atoms with Gasteiger partial charge in [0.15, 0.2) is 0 Å². The molecule has 5 nitrogen and oxygen atoms in total. The number of carbonyl (C=O) groups is 1. The molecule has 0 N–H and O–H groups in total. The minimum atomic E-state index is -0.0224. The Balaban J connectivity index is 1.74. The van der Waals surface area contributed by atoms with Crippen molar-refractivity contribution in [2.45, 2.75) is 19.4 Å². The van der Waals surface area contributed by atoms with E-state index in [1.54, 1.807) is 6.33 Å². The van der Waals surface area contributed by atoms with Crippen molar-refractivity contribution in [1.29, 1.82) is 0 Å². The van der Waals surface area contributed by atoms with Crippen LogP contribution in [0.4, 0.5) is 5.82 Å². The quantitative estimate of drug-likeness (QED) is 0.521. The van der Waals surface area contributed by atoms with Crippen LogP contribution >= 0.6 is 23.2 Å². The molecule has 30 heavy (non-hydrogen) atoms. The maximum absolute atomic E-state index is 12.2. The van der Waals surface area contributed by atoms with Crippen molar-refractivity contribution in [3.63, 3.8) is 0 Å². The van der Waals surface area contributed by atoms with E-state index in [4.69, 9.17) is 23.2 Å². The van der Waals surface area contributed by atoms with Crippen LogP contribution < -0.4 is 4.90 Å². The maximum Gasteiger partial charge on any atom is 0.246 e. The highest BCUT2D eigenvalue weighted by atomic mass is 35.5. The van der Waals surface area contributed by atoms with Gasteiger partial charge in [-0.1, -0.05) is 48.8 Å². The summed E-state index contributed by atoms with van der Waals surface area (Å²) in [6.07, 6.45) is 3.82. The molecule has 1 unspecified atom stereocenters. The number of piperazine rings is 1. The number of nitrogens with zero attached hydrogens (tertiary/aromatic N) is 4. The van der Waals surface area contributed by atoms with Crippen molar-refractivity contribution in [2.75, 3.05) is 24.5 Å². The van der Waals surface area contributed by atoms with Crippen molar-refractivity contribution in [3.8, 4) is 11.1 Å². The highest BCUT2D eigenvalue weighted by Gasteiger charge is 2.29. The van der Waals surface area contributed by atoms with Crippen molar-refractivity contribution in [3.05, 3.63) is 65.4 Å². The van der Waals surface area contributed by atoms with E-state index in [0.29, 0.717) is 29.7 Å². The summed E-state index contributed by atoms with van der Waals surface area (Å²) in [5, 5.41) is 2.24.